The topological polar surface area (TPSA) is 42.4 Å². The predicted molar refractivity (Wildman–Crippen MR) is 96.3 cm³/mol. The van der Waals surface area contributed by atoms with E-state index in [0.717, 1.165) is 35.9 Å². The second-order valence-corrected chi connectivity index (χ2v) is 7.64. The van der Waals surface area contributed by atoms with E-state index in [0.29, 0.717) is 11.6 Å². The molecule has 1 aliphatic heterocycles. The Balaban J connectivity index is 1.94. The minimum Gasteiger partial charge on any atom is -0.444 e. The SMILES string of the molecule is CC(C)(C)OC(=O)N1CCCCC1c1cc(Cl)c2ccccc2n1. The summed E-state index contributed by atoms with van der Waals surface area (Å²) in [7, 11) is 0. The molecular formula is C19H23ClN2O2. The Labute approximate surface area is 147 Å². The third kappa shape index (κ3) is 3.64. The van der Waals surface area contributed by atoms with Crippen LogP contribution in [0.4, 0.5) is 4.79 Å². The number of nitrogens with zero attached hydrogens (tertiary/aromatic N) is 2. The number of pyridine rings is 1. The van der Waals surface area contributed by atoms with Crippen LogP contribution >= 0.6 is 11.6 Å². The molecule has 1 unspecified atom stereocenters. The van der Waals surface area contributed by atoms with E-state index in [9.17, 15) is 4.79 Å². The van der Waals surface area contributed by atoms with Crippen LogP contribution in [0.2, 0.25) is 5.02 Å². The van der Waals surface area contributed by atoms with Crippen molar-refractivity contribution in [3.05, 3.63) is 41.0 Å². The molecule has 0 N–H and O–H groups in total. The monoisotopic (exact) mass is 346 g/mol. The minimum absolute atomic E-state index is 0.0873. The maximum Gasteiger partial charge on any atom is 0.410 e. The van der Waals surface area contributed by atoms with Crippen molar-refractivity contribution in [2.24, 2.45) is 0 Å². The molecule has 1 aliphatic rings. The number of carbonyl (C=O) groups is 1. The number of amides is 1. The van der Waals surface area contributed by atoms with Crippen LogP contribution in [0.1, 0.15) is 51.8 Å². The molecule has 0 radical (unpaired) electrons. The molecule has 1 fully saturated rings. The third-order valence-electron chi connectivity index (χ3n) is 4.16. The molecule has 2 heterocycles. The van der Waals surface area contributed by atoms with Gasteiger partial charge in [0.2, 0.25) is 0 Å². The molecule has 0 saturated carbocycles. The summed E-state index contributed by atoms with van der Waals surface area (Å²) < 4.78 is 5.57. The van der Waals surface area contributed by atoms with Crippen LogP contribution in [-0.4, -0.2) is 28.1 Å². The number of para-hydroxylation sites is 1. The van der Waals surface area contributed by atoms with Gasteiger partial charge in [-0.1, -0.05) is 29.8 Å². The standard InChI is InChI=1S/C19H23ClN2O2/c1-19(2,3)24-18(23)22-11-7-6-10-17(22)16-12-14(20)13-8-4-5-9-15(13)21-16/h4-5,8-9,12,17H,6-7,10-11H2,1-3H3. The van der Waals surface area contributed by atoms with Gasteiger partial charge in [-0.3, -0.25) is 9.88 Å². The van der Waals surface area contributed by atoms with Gasteiger partial charge in [-0.2, -0.15) is 0 Å². The van der Waals surface area contributed by atoms with Crippen molar-refractivity contribution in [2.75, 3.05) is 6.54 Å². The molecule has 1 atom stereocenters. The van der Waals surface area contributed by atoms with Crippen molar-refractivity contribution < 1.29 is 9.53 Å². The van der Waals surface area contributed by atoms with Crippen molar-refractivity contribution >= 4 is 28.6 Å². The van der Waals surface area contributed by atoms with Crippen LogP contribution in [0.3, 0.4) is 0 Å². The normalized spacial score (nSPS) is 18.7. The number of aromatic nitrogens is 1. The Hall–Kier alpha value is -1.81. The van der Waals surface area contributed by atoms with E-state index in [1.807, 2.05) is 51.1 Å². The Morgan fingerprint density at radius 2 is 2.04 bits per heavy atom. The number of carbonyl (C=O) groups excluding carboxylic acids is 1. The highest BCUT2D eigenvalue weighted by atomic mass is 35.5. The largest absolute Gasteiger partial charge is 0.444 e. The van der Waals surface area contributed by atoms with Crippen LogP contribution in [0.15, 0.2) is 30.3 Å². The first-order chi connectivity index (χ1) is 11.3. The van der Waals surface area contributed by atoms with Crippen LogP contribution in [0.25, 0.3) is 10.9 Å². The minimum atomic E-state index is -0.506. The number of halogens is 1. The molecule has 2 aromatic rings. The van der Waals surface area contributed by atoms with Gasteiger partial charge in [-0.15, -0.1) is 0 Å². The second kappa shape index (κ2) is 6.60. The molecule has 24 heavy (non-hydrogen) atoms. The summed E-state index contributed by atoms with van der Waals surface area (Å²) in [5.74, 6) is 0. The summed E-state index contributed by atoms with van der Waals surface area (Å²) >= 11 is 6.44. The van der Waals surface area contributed by atoms with E-state index in [2.05, 4.69) is 0 Å². The zero-order valence-corrected chi connectivity index (χ0v) is 15.1. The molecule has 1 aromatic carbocycles. The molecule has 128 valence electrons. The number of piperidine rings is 1. The quantitative estimate of drug-likeness (QED) is 0.699. The number of likely N-dealkylation sites (tertiary alicyclic amines) is 1. The first-order valence-corrected chi connectivity index (χ1v) is 8.78. The van der Waals surface area contributed by atoms with E-state index in [-0.39, 0.29) is 12.1 Å². The van der Waals surface area contributed by atoms with E-state index in [1.165, 1.54) is 0 Å². The van der Waals surface area contributed by atoms with Crippen LogP contribution < -0.4 is 0 Å². The molecular weight excluding hydrogens is 324 g/mol. The van der Waals surface area contributed by atoms with Gasteiger partial charge in [0.05, 0.1) is 22.3 Å². The number of ether oxygens (including phenoxy) is 1. The van der Waals surface area contributed by atoms with Crippen molar-refractivity contribution in [1.82, 2.24) is 9.88 Å². The second-order valence-electron chi connectivity index (χ2n) is 7.23. The Bertz CT molecular complexity index is 755. The molecule has 4 nitrogen and oxygen atoms in total. The number of rotatable bonds is 1. The van der Waals surface area contributed by atoms with Crippen molar-refractivity contribution in [3.8, 4) is 0 Å². The van der Waals surface area contributed by atoms with Crippen molar-refractivity contribution in [1.29, 1.82) is 0 Å². The summed E-state index contributed by atoms with van der Waals surface area (Å²) in [5.41, 5.74) is 1.19. The highest BCUT2D eigenvalue weighted by molar-refractivity contribution is 6.35. The molecule has 1 amide bonds. The van der Waals surface area contributed by atoms with Crippen molar-refractivity contribution in [2.45, 2.75) is 51.7 Å². The first-order valence-electron chi connectivity index (χ1n) is 8.40. The summed E-state index contributed by atoms with van der Waals surface area (Å²) in [6, 6.07) is 9.60. The smallest absolute Gasteiger partial charge is 0.410 e. The van der Waals surface area contributed by atoms with Crippen LogP contribution in [-0.2, 0) is 4.74 Å². The van der Waals surface area contributed by atoms with Gasteiger partial charge in [-0.25, -0.2) is 4.79 Å². The van der Waals surface area contributed by atoms with Gasteiger partial charge < -0.3 is 4.74 Å². The Morgan fingerprint density at radius 1 is 1.29 bits per heavy atom. The lowest BCUT2D eigenvalue weighted by molar-refractivity contribution is 0.00904. The molecule has 0 bridgehead atoms. The van der Waals surface area contributed by atoms with Gasteiger partial charge in [0.15, 0.2) is 0 Å². The summed E-state index contributed by atoms with van der Waals surface area (Å²) in [5, 5.41) is 1.60. The molecule has 1 saturated heterocycles. The van der Waals surface area contributed by atoms with E-state index in [1.54, 1.807) is 4.90 Å². The van der Waals surface area contributed by atoms with Crippen molar-refractivity contribution in [3.63, 3.8) is 0 Å². The highest BCUT2D eigenvalue weighted by Crippen LogP contribution is 2.34. The van der Waals surface area contributed by atoms with E-state index >= 15 is 0 Å². The summed E-state index contributed by atoms with van der Waals surface area (Å²) in [6.45, 7) is 6.34. The lowest BCUT2D eigenvalue weighted by Crippen LogP contribution is -2.42. The molecule has 0 aliphatic carbocycles. The zero-order chi connectivity index (χ0) is 17.3. The Kier molecular flexibility index (Phi) is 4.68. The first kappa shape index (κ1) is 17.0. The molecule has 3 rings (SSSR count). The lowest BCUT2D eigenvalue weighted by atomic mass is 9.98. The van der Waals surface area contributed by atoms with Gasteiger partial charge in [0.25, 0.3) is 0 Å². The maximum atomic E-state index is 12.6. The number of benzene rings is 1. The highest BCUT2D eigenvalue weighted by Gasteiger charge is 2.32. The number of hydrogen-bond donors (Lipinski definition) is 0. The number of fused-ring (bicyclic) bond motifs is 1. The van der Waals surface area contributed by atoms with Gasteiger partial charge in [-0.05, 0) is 52.2 Å². The average Bonchev–Trinajstić information content (AvgIpc) is 2.53. The molecule has 5 heteroatoms. The molecule has 1 aromatic heterocycles. The van der Waals surface area contributed by atoms with Gasteiger partial charge in [0, 0.05) is 11.9 Å². The van der Waals surface area contributed by atoms with E-state index < -0.39 is 5.60 Å². The fraction of sp³-hybridized carbons (Fsp3) is 0.474. The van der Waals surface area contributed by atoms with Gasteiger partial charge in [0.1, 0.15) is 5.60 Å². The van der Waals surface area contributed by atoms with E-state index in [4.69, 9.17) is 21.3 Å². The third-order valence-corrected chi connectivity index (χ3v) is 4.47. The maximum absolute atomic E-state index is 12.6. The Morgan fingerprint density at radius 3 is 2.79 bits per heavy atom. The number of hydrogen-bond acceptors (Lipinski definition) is 3. The van der Waals surface area contributed by atoms with Crippen LogP contribution in [0, 0.1) is 0 Å². The average molecular weight is 347 g/mol. The fourth-order valence-electron chi connectivity index (χ4n) is 3.10. The fourth-order valence-corrected chi connectivity index (χ4v) is 3.37. The molecule has 0 spiro atoms. The zero-order valence-electron chi connectivity index (χ0n) is 14.4. The van der Waals surface area contributed by atoms with Crippen LogP contribution in [0.5, 0.6) is 0 Å². The van der Waals surface area contributed by atoms with Gasteiger partial charge >= 0.3 is 6.09 Å². The predicted octanol–water partition coefficient (Wildman–Crippen LogP) is 5.35. The summed E-state index contributed by atoms with van der Waals surface area (Å²) in [4.78, 5) is 19.1. The lowest BCUT2D eigenvalue weighted by Gasteiger charge is -2.36. The summed E-state index contributed by atoms with van der Waals surface area (Å²) in [6.07, 6.45) is 2.65.